The van der Waals surface area contributed by atoms with Crippen LogP contribution in [0.1, 0.15) is 43.9 Å². The molecule has 166 valence electrons. The average molecular weight is 438 g/mol. The van der Waals surface area contributed by atoms with Gasteiger partial charge in [0, 0.05) is 18.0 Å². The highest BCUT2D eigenvalue weighted by Crippen LogP contribution is 2.55. The Morgan fingerprint density at radius 1 is 1.23 bits per heavy atom. The summed E-state index contributed by atoms with van der Waals surface area (Å²) in [6.07, 6.45) is -2.90. The number of nitrogens with zero attached hydrogens (tertiary/aromatic N) is 4. The number of ether oxygens (including phenoxy) is 1. The maximum absolute atomic E-state index is 13.9. The third-order valence-electron chi connectivity index (χ3n) is 5.16. The van der Waals surface area contributed by atoms with Gasteiger partial charge in [0.25, 0.3) is 0 Å². The van der Waals surface area contributed by atoms with E-state index in [2.05, 4.69) is 10.1 Å². The first-order valence-corrected chi connectivity index (χ1v) is 9.83. The van der Waals surface area contributed by atoms with E-state index in [0.717, 1.165) is 0 Å². The molecule has 1 aromatic heterocycles. The summed E-state index contributed by atoms with van der Waals surface area (Å²) in [6, 6.07) is 3.68. The van der Waals surface area contributed by atoms with Gasteiger partial charge in [-0.25, -0.2) is 18.9 Å². The maximum atomic E-state index is 13.9. The molecule has 31 heavy (non-hydrogen) atoms. The topological polar surface area (TPSA) is 60.2 Å². The van der Waals surface area contributed by atoms with Crippen LogP contribution in [0.25, 0.3) is 5.69 Å². The Morgan fingerprint density at radius 3 is 2.58 bits per heavy atom. The van der Waals surface area contributed by atoms with E-state index in [1.165, 1.54) is 27.8 Å². The molecule has 2 heterocycles. The number of halogens is 4. The fraction of sp³-hybridized carbons (Fsp3) is 0.476. The molecular formula is C21H22F4N4O2. The minimum atomic E-state index is -4.48. The number of hydrogen-bond donors (Lipinski definition) is 0. The number of aryl methyl sites for hydroxylation is 1. The molecule has 3 atom stereocenters. The third-order valence-corrected chi connectivity index (χ3v) is 5.16. The first kappa shape index (κ1) is 21.3. The van der Waals surface area contributed by atoms with Crippen molar-refractivity contribution in [1.82, 2.24) is 19.7 Å². The Bertz CT molecular complexity index is 1050. The highest BCUT2D eigenvalue weighted by atomic mass is 19.4. The van der Waals surface area contributed by atoms with Crippen LogP contribution in [0.5, 0.6) is 0 Å². The molecule has 1 fully saturated rings. The fourth-order valence-corrected chi connectivity index (χ4v) is 3.85. The van der Waals surface area contributed by atoms with Crippen molar-refractivity contribution in [3.05, 3.63) is 53.5 Å². The maximum Gasteiger partial charge on any atom is 0.414 e. The van der Waals surface area contributed by atoms with Crippen LogP contribution in [-0.2, 0) is 11.2 Å². The number of amides is 1. The molecule has 0 spiro atoms. The van der Waals surface area contributed by atoms with Crippen LogP contribution >= 0.6 is 0 Å². The van der Waals surface area contributed by atoms with Crippen molar-refractivity contribution in [2.24, 2.45) is 5.92 Å². The fourth-order valence-electron chi connectivity index (χ4n) is 3.85. The molecular weight excluding hydrogens is 416 g/mol. The zero-order valence-electron chi connectivity index (χ0n) is 17.4. The van der Waals surface area contributed by atoms with E-state index < -0.39 is 35.9 Å². The minimum absolute atomic E-state index is 0.122. The summed E-state index contributed by atoms with van der Waals surface area (Å²) in [7, 11) is 0. The molecule has 2 aliphatic rings. The second-order valence-electron chi connectivity index (χ2n) is 8.84. The Labute approximate surface area is 176 Å². The number of aromatic nitrogens is 3. The monoisotopic (exact) mass is 438 g/mol. The smallest absolute Gasteiger partial charge is 0.414 e. The summed E-state index contributed by atoms with van der Waals surface area (Å²) in [5.74, 6) is -1.16. The highest BCUT2D eigenvalue weighted by Gasteiger charge is 2.60. The predicted octanol–water partition coefficient (Wildman–Crippen LogP) is 4.67. The molecule has 0 radical (unpaired) electrons. The van der Waals surface area contributed by atoms with E-state index in [-0.39, 0.29) is 23.7 Å². The van der Waals surface area contributed by atoms with Crippen LogP contribution in [0, 0.1) is 18.7 Å². The molecule has 0 bridgehead atoms. The molecule has 0 unspecified atom stereocenters. The van der Waals surface area contributed by atoms with Gasteiger partial charge in [-0.05, 0) is 45.4 Å². The molecule has 1 saturated carbocycles. The second kappa shape index (κ2) is 7.06. The van der Waals surface area contributed by atoms with Crippen molar-refractivity contribution in [2.75, 3.05) is 0 Å². The Kier molecular flexibility index (Phi) is 4.86. The number of carbonyl (C=O) groups is 1. The molecule has 4 rings (SSSR count). The number of rotatable bonds is 3. The number of fused-ring (bicyclic) bond motifs is 1. The van der Waals surface area contributed by atoms with Crippen LogP contribution in [0.2, 0.25) is 0 Å². The van der Waals surface area contributed by atoms with Gasteiger partial charge >= 0.3 is 12.3 Å². The lowest BCUT2D eigenvalue weighted by molar-refractivity contribution is -0.128. The molecule has 2 aromatic rings. The zero-order chi connectivity index (χ0) is 22.7. The van der Waals surface area contributed by atoms with Crippen LogP contribution in [-0.4, -0.2) is 43.6 Å². The van der Waals surface area contributed by atoms with Gasteiger partial charge in [0.2, 0.25) is 0 Å². The molecule has 0 saturated heterocycles. The highest BCUT2D eigenvalue weighted by molar-refractivity contribution is 5.72. The Balaban J connectivity index is 1.69. The molecule has 1 aromatic carbocycles. The van der Waals surface area contributed by atoms with Gasteiger partial charge in [-0.3, -0.25) is 4.90 Å². The van der Waals surface area contributed by atoms with Gasteiger partial charge in [-0.15, -0.1) is 0 Å². The van der Waals surface area contributed by atoms with Gasteiger partial charge in [0.05, 0.1) is 11.7 Å². The average Bonchev–Trinajstić information content (AvgIpc) is 2.96. The molecule has 1 aliphatic heterocycles. The number of hydrogen-bond acceptors (Lipinski definition) is 4. The summed E-state index contributed by atoms with van der Waals surface area (Å²) >= 11 is 0. The van der Waals surface area contributed by atoms with Crippen LogP contribution in [0.3, 0.4) is 0 Å². The Hall–Kier alpha value is -2.91. The number of benzene rings is 1. The van der Waals surface area contributed by atoms with E-state index in [0.29, 0.717) is 11.3 Å². The third kappa shape index (κ3) is 4.28. The lowest BCUT2D eigenvalue weighted by Crippen LogP contribution is -2.34. The summed E-state index contributed by atoms with van der Waals surface area (Å²) in [4.78, 5) is 18.1. The van der Waals surface area contributed by atoms with Gasteiger partial charge in [-0.2, -0.15) is 18.3 Å². The van der Waals surface area contributed by atoms with Crippen molar-refractivity contribution in [1.29, 1.82) is 0 Å². The SMILES string of the molecule is Cc1ccc(F)cc1-n1nc(CC(F)(F)F)nc1[C@@H]1[C@H]2C=CN(C(=O)OC(C)(C)C)[C@H]21. The molecule has 6 nitrogen and oxygen atoms in total. The summed E-state index contributed by atoms with van der Waals surface area (Å²) in [6.45, 7) is 6.96. The first-order valence-electron chi connectivity index (χ1n) is 9.83. The zero-order valence-corrected chi connectivity index (χ0v) is 17.4. The quantitative estimate of drug-likeness (QED) is 0.654. The van der Waals surface area contributed by atoms with Crippen LogP contribution in [0.4, 0.5) is 22.4 Å². The van der Waals surface area contributed by atoms with Crippen molar-refractivity contribution >= 4 is 6.09 Å². The second-order valence-corrected chi connectivity index (χ2v) is 8.84. The molecule has 0 N–H and O–H groups in total. The molecule has 1 aliphatic carbocycles. The van der Waals surface area contributed by atoms with Crippen LogP contribution < -0.4 is 0 Å². The molecule has 1 amide bonds. The van der Waals surface area contributed by atoms with Crippen molar-refractivity contribution in [2.45, 2.75) is 57.9 Å². The largest absolute Gasteiger partial charge is 0.443 e. The van der Waals surface area contributed by atoms with Gasteiger partial charge in [0.1, 0.15) is 23.7 Å². The first-order chi connectivity index (χ1) is 14.3. The van der Waals surface area contributed by atoms with Gasteiger partial charge in [0.15, 0.2) is 5.82 Å². The van der Waals surface area contributed by atoms with E-state index in [1.807, 2.05) is 0 Å². The summed E-state index contributed by atoms with van der Waals surface area (Å²) < 4.78 is 59.5. The van der Waals surface area contributed by atoms with Crippen LogP contribution in [0.15, 0.2) is 30.5 Å². The number of alkyl halides is 3. The number of carbonyl (C=O) groups excluding carboxylic acids is 1. The summed E-state index contributed by atoms with van der Waals surface area (Å²) in [5, 5.41) is 4.05. The standard InChI is InChI=1S/C21H22F4N4O2/c1-11-5-6-12(22)9-14(11)29-18(26-15(27-29)10-21(23,24)25)16-13-7-8-28(17(13)16)19(30)31-20(2,3)4/h5-9,13,16-17H,10H2,1-4H3/t13-,16-,17-/m1/s1. The van der Waals surface area contributed by atoms with Crippen molar-refractivity contribution in [3.8, 4) is 5.69 Å². The normalized spacial score (nSPS) is 22.6. The van der Waals surface area contributed by atoms with E-state index >= 15 is 0 Å². The Morgan fingerprint density at radius 2 is 1.94 bits per heavy atom. The van der Waals surface area contributed by atoms with Gasteiger partial charge < -0.3 is 4.74 Å². The summed E-state index contributed by atoms with van der Waals surface area (Å²) in [5.41, 5.74) is 0.261. The minimum Gasteiger partial charge on any atom is -0.443 e. The van der Waals surface area contributed by atoms with Crippen molar-refractivity contribution < 1.29 is 27.1 Å². The lowest BCUT2D eigenvalue weighted by atomic mass is 10.2. The lowest BCUT2D eigenvalue weighted by Gasteiger charge is -2.24. The van der Waals surface area contributed by atoms with E-state index in [4.69, 9.17) is 4.74 Å². The van der Waals surface area contributed by atoms with E-state index in [1.54, 1.807) is 40.0 Å². The predicted molar refractivity (Wildman–Crippen MR) is 103 cm³/mol. The molecule has 10 heteroatoms. The van der Waals surface area contributed by atoms with Gasteiger partial charge in [-0.1, -0.05) is 12.1 Å². The van der Waals surface area contributed by atoms with E-state index in [9.17, 15) is 22.4 Å². The van der Waals surface area contributed by atoms with Crippen molar-refractivity contribution in [3.63, 3.8) is 0 Å².